The van der Waals surface area contributed by atoms with E-state index >= 15 is 0 Å². The Bertz CT molecular complexity index is 1330. The van der Waals surface area contributed by atoms with Crippen LogP contribution < -0.4 is 20.7 Å². The van der Waals surface area contributed by atoms with Crippen molar-refractivity contribution < 1.29 is 9.53 Å². The van der Waals surface area contributed by atoms with Crippen molar-refractivity contribution in [1.82, 2.24) is 25.1 Å². The lowest BCUT2D eigenvalue weighted by atomic mass is 10.1. The molecule has 3 N–H and O–H groups in total. The van der Waals surface area contributed by atoms with Crippen molar-refractivity contribution in [1.29, 1.82) is 5.26 Å². The van der Waals surface area contributed by atoms with Crippen LogP contribution in [0.15, 0.2) is 48.7 Å². The zero-order valence-electron chi connectivity index (χ0n) is 21.5. The van der Waals surface area contributed by atoms with Crippen molar-refractivity contribution in [3.05, 3.63) is 65.4 Å². The van der Waals surface area contributed by atoms with Crippen LogP contribution in [0.25, 0.3) is 0 Å². The Morgan fingerprint density at radius 3 is 2.71 bits per heavy atom. The molecule has 10 nitrogen and oxygen atoms in total. The van der Waals surface area contributed by atoms with Gasteiger partial charge in [-0.15, -0.1) is 0 Å². The van der Waals surface area contributed by atoms with Gasteiger partial charge >= 0.3 is 0 Å². The number of nitrogens with zero attached hydrogens (tertiary/aromatic N) is 5. The van der Waals surface area contributed by atoms with Crippen molar-refractivity contribution in [2.45, 2.75) is 19.9 Å². The second kappa shape index (κ2) is 11.9. The molecule has 1 aromatic heterocycles. The Balaban J connectivity index is 1.43. The number of piperazine rings is 1. The number of amides is 1. The number of nitrogens with one attached hydrogen (secondary N) is 3. The lowest BCUT2D eigenvalue weighted by Crippen LogP contribution is -2.46. The van der Waals surface area contributed by atoms with Gasteiger partial charge in [0.05, 0.1) is 18.4 Å². The number of hydrogen-bond donors (Lipinski definition) is 3. The summed E-state index contributed by atoms with van der Waals surface area (Å²) in [4.78, 5) is 26.1. The Labute approximate surface area is 222 Å². The Hall–Kier alpha value is -4.20. The third kappa shape index (κ3) is 6.56. The average molecular weight is 513 g/mol. The zero-order chi connectivity index (χ0) is 26.3. The topological polar surface area (TPSA) is 118 Å². The van der Waals surface area contributed by atoms with Crippen LogP contribution in [-0.4, -0.2) is 71.6 Å². The van der Waals surface area contributed by atoms with Crippen LogP contribution in [-0.2, 0) is 11.3 Å². The summed E-state index contributed by atoms with van der Waals surface area (Å²) in [6.45, 7) is 8.10. The minimum atomic E-state index is 0.0308. The molecule has 0 atom stereocenters. The fraction of sp³-hybridized carbons (Fsp3) is 0.357. The van der Waals surface area contributed by atoms with Crippen molar-refractivity contribution >= 4 is 29.0 Å². The predicted octanol–water partition coefficient (Wildman–Crippen LogP) is 3.16. The summed E-state index contributed by atoms with van der Waals surface area (Å²) in [5, 5.41) is 19.2. The van der Waals surface area contributed by atoms with E-state index in [0.29, 0.717) is 48.3 Å². The molecule has 0 unspecified atom stereocenters. The smallest absolute Gasteiger partial charge is 0.229 e. The highest BCUT2D eigenvalue weighted by Gasteiger charge is 2.18. The second-order valence-electron chi connectivity index (χ2n) is 9.58. The summed E-state index contributed by atoms with van der Waals surface area (Å²) in [5.74, 6) is 1.42. The molecular weight excluding hydrogens is 480 g/mol. The molecule has 4 heterocycles. The molecule has 38 heavy (non-hydrogen) atoms. The van der Waals surface area contributed by atoms with E-state index in [1.807, 2.05) is 37.3 Å². The summed E-state index contributed by atoms with van der Waals surface area (Å²) in [6, 6.07) is 16.1. The lowest BCUT2D eigenvalue weighted by Gasteiger charge is -2.34. The SMILES string of the molecule is Cc1ccc2c(c1)Nc1ncc(C#N)c(n1)Nc1cccc(c1)CN1CCN(CCC(=O)NCCO2)CC1. The third-order valence-electron chi connectivity index (χ3n) is 6.69. The minimum Gasteiger partial charge on any atom is -0.490 e. The summed E-state index contributed by atoms with van der Waals surface area (Å²) < 4.78 is 5.98. The largest absolute Gasteiger partial charge is 0.490 e. The number of carbonyl (C=O) groups is 1. The molecule has 0 aliphatic carbocycles. The molecule has 3 aliphatic heterocycles. The first kappa shape index (κ1) is 25.4. The predicted molar refractivity (Wildman–Crippen MR) is 146 cm³/mol. The molecule has 6 bridgehead atoms. The van der Waals surface area contributed by atoms with Gasteiger partial charge in [-0.2, -0.15) is 10.2 Å². The van der Waals surface area contributed by atoms with Crippen LogP contribution in [0.1, 0.15) is 23.1 Å². The van der Waals surface area contributed by atoms with E-state index in [1.54, 1.807) is 0 Å². The summed E-state index contributed by atoms with van der Waals surface area (Å²) in [7, 11) is 0. The summed E-state index contributed by atoms with van der Waals surface area (Å²) in [6.07, 6.45) is 1.98. The van der Waals surface area contributed by atoms with E-state index < -0.39 is 0 Å². The van der Waals surface area contributed by atoms with Gasteiger partial charge in [0.1, 0.15) is 24.0 Å². The lowest BCUT2D eigenvalue weighted by molar-refractivity contribution is -0.121. The monoisotopic (exact) mass is 512 g/mol. The summed E-state index contributed by atoms with van der Waals surface area (Å²) >= 11 is 0. The number of benzene rings is 2. The van der Waals surface area contributed by atoms with Crippen LogP contribution in [0.2, 0.25) is 0 Å². The Kier molecular flexibility index (Phi) is 7.97. The number of nitriles is 1. The number of aromatic nitrogens is 2. The van der Waals surface area contributed by atoms with E-state index in [0.717, 1.165) is 50.5 Å². The quantitative estimate of drug-likeness (QED) is 0.417. The van der Waals surface area contributed by atoms with Gasteiger partial charge in [0.2, 0.25) is 11.9 Å². The van der Waals surface area contributed by atoms with E-state index in [-0.39, 0.29) is 5.91 Å². The van der Waals surface area contributed by atoms with Crippen LogP contribution in [0, 0.1) is 18.3 Å². The van der Waals surface area contributed by atoms with E-state index in [9.17, 15) is 10.1 Å². The molecule has 0 radical (unpaired) electrons. The fourth-order valence-electron chi connectivity index (χ4n) is 4.62. The maximum atomic E-state index is 12.4. The van der Waals surface area contributed by atoms with Gasteiger partial charge in [-0.3, -0.25) is 9.69 Å². The Morgan fingerprint density at radius 2 is 1.87 bits per heavy atom. The maximum absolute atomic E-state index is 12.4. The number of ether oxygens (including phenoxy) is 1. The van der Waals surface area contributed by atoms with E-state index in [2.05, 4.69) is 53.9 Å². The van der Waals surface area contributed by atoms with Gasteiger partial charge in [0.15, 0.2) is 5.82 Å². The molecule has 2 aromatic carbocycles. The summed E-state index contributed by atoms with van der Waals surface area (Å²) in [5.41, 5.74) is 4.13. The first-order chi connectivity index (χ1) is 18.6. The van der Waals surface area contributed by atoms with Gasteiger partial charge in [-0.1, -0.05) is 18.2 Å². The number of fused-ring (bicyclic) bond motifs is 8. The van der Waals surface area contributed by atoms with Crippen molar-refractivity contribution in [3.8, 4) is 11.8 Å². The molecule has 3 aromatic rings. The first-order valence-corrected chi connectivity index (χ1v) is 12.9. The normalized spacial score (nSPS) is 20.2. The van der Waals surface area contributed by atoms with Crippen LogP contribution in [0.4, 0.5) is 23.1 Å². The highest BCUT2D eigenvalue weighted by atomic mass is 16.5. The van der Waals surface area contributed by atoms with Gasteiger partial charge < -0.3 is 25.6 Å². The van der Waals surface area contributed by atoms with Crippen molar-refractivity contribution in [2.75, 3.05) is 56.5 Å². The van der Waals surface area contributed by atoms with E-state index in [1.165, 1.54) is 11.8 Å². The Morgan fingerprint density at radius 1 is 1.03 bits per heavy atom. The molecule has 1 saturated heterocycles. The van der Waals surface area contributed by atoms with Crippen molar-refractivity contribution in [2.24, 2.45) is 0 Å². The third-order valence-corrected chi connectivity index (χ3v) is 6.69. The fourth-order valence-corrected chi connectivity index (χ4v) is 4.62. The van der Waals surface area contributed by atoms with Crippen molar-refractivity contribution in [3.63, 3.8) is 0 Å². The highest BCUT2D eigenvalue weighted by Crippen LogP contribution is 2.29. The van der Waals surface area contributed by atoms with Gasteiger partial charge in [-0.25, -0.2) is 4.98 Å². The molecule has 3 aliphatic rings. The van der Waals surface area contributed by atoms with Crippen LogP contribution >= 0.6 is 0 Å². The average Bonchev–Trinajstić information content (AvgIpc) is 2.92. The number of carbonyl (C=O) groups excluding carboxylic acids is 1. The molecule has 10 heteroatoms. The first-order valence-electron chi connectivity index (χ1n) is 12.9. The standard InChI is InChI=1S/C28H32N8O2/c1-20-5-6-25-24(15-20)33-28-31-18-22(17-29)27(34-28)32-23-4-2-3-21(16-23)19-36-12-10-35(11-13-36)9-7-26(37)30-8-14-38-25/h2-6,15-16,18H,7-14,19H2,1H3,(H,30,37)(H2,31,32,33,34). The number of hydrogen-bond acceptors (Lipinski definition) is 9. The molecule has 196 valence electrons. The minimum absolute atomic E-state index is 0.0308. The second-order valence-corrected chi connectivity index (χ2v) is 9.58. The highest BCUT2D eigenvalue weighted by molar-refractivity contribution is 5.76. The van der Waals surface area contributed by atoms with Gasteiger partial charge in [0, 0.05) is 51.4 Å². The van der Waals surface area contributed by atoms with E-state index in [4.69, 9.17) is 4.74 Å². The molecule has 1 fully saturated rings. The number of anilines is 4. The molecule has 6 rings (SSSR count). The zero-order valence-corrected chi connectivity index (χ0v) is 21.5. The molecular formula is C28H32N8O2. The maximum Gasteiger partial charge on any atom is 0.229 e. The number of aryl methyl sites for hydroxylation is 1. The van der Waals surface area contributed by atoms with Gasteiger partial charge in [-0.05, 0) is 42.3 Å². The van der Waals surface area contributed by atoms with Crippen LogP contribution in [0.5, 0.6) is 5.75 Å². The van der Waals surface area contributed by atoms with Gasteiger partial charge in [0.25, 0.3) is 0 Å². The van der Waals surface area contributed by atoms with Crippen LogP contribution in [0.3, 0.4) is 0 Å². The molecule has 0 saturated carbocycles. The molecule has 0 spiro atoms. The number of rotatable bonds is 0. The molecule has 1 amide bonds.